The molecule has 2 heteroatoms. The molecule has 3 rings (SSSR count). The monoisotopic (exact) mass is 466 g/mol. The first-order chi connectivity index (χ1) is 14.9. The molecule has 0 saturated heterocycles. The highest BCUT2D eigenvalue weighted by Gasteiger charge is 2.41. The molecule has 2 unspecified atom stereocenters. The molecule has 0 saturated carbocycles. The van der Waals surface area contributed by atoms with Gasteiger partial charge in [-0.2, -0.15) is 0 Å². The molecule has 0 amide bonds. The first-order valence-electron chi connectivity index (χ1n) is 12.2. The first-order valence-corrected chi connectivity index (χ1v) is 15.7. The highest BCUT2D eigenvalue weighted by Crippen LogP contribution is 2.62. The normalized spacial score (nSPS) is 21.5. The Morgan fingerprint density at radius 1 is 0.625 bits per heavy atom. The zero-order valence-electron chi connectivity index (χ0n) is 21.7. The van der Waals surface area contributed by atoms with Crippen molar-refractivity contribution >= 4 is 15.8 Å². The molecule has 0 aromatic heterocycles. The largest absolute Gasteiger partial charge is 0.0897 e. The summed E-state index contributed by atoms with van der Waals surface area (Å²) in [6, 6.07) is 9.29. The molecule has 1 aromatic rings. The zero-order chi connectivity index (χ0) is 23.6. The van der Waals surface area contributed by atoms with Gasteiger partial charge in [0.15, 0.2) is 0 Å². The van der Waals surface area contributed by atoms with E-state index in [-0.39, 0.29) is 26.2 Å². The zero-order valence-corrected chi connectivity index (χ0v) is 23.4. The summed E-state index contributed by atoms with van der Waals surface area (Å²) in [5.41, 5.74) is 3.07. The van der Waals surface area contributed by atoms with E-state index in [2.05, 4.69) is 128 Å². The van der Waals surface area contributed by atoms with Gasteiger partial charge >= 0.3 is 0 Å². The van der Waals surface area contributed by atoms with Crippen LogP contribution in [0.1, 0.15) is 65.5 Å². The maximum absolute atomic E-state index is 2.54. The lowest BCUT2D eigenvalue weighted by molar-refractivity contribution is 0.717. The molecule has 32 heavy (non-hydrogen) atoms. The van der Waals surface area contributed by atoms with Crippen molar-refractivity contribution in [1.82, 2.24) is 0 Å². The molecule has 174 valence electrons. The van der Waals surface area contributed by atoms with Crippen molar-refractivity contribution in [2.24, 2.45) is 0 Å². The van der Waals surface area contributed by atoms with Crippen molar-refractivity contribution in [3.05, 3.63) is 84.0 Å². The highest BCUT2D eigenvalue weighted by atomic mass is 31.1. The molecule has 0 spiro atoms. The average molecular weight is 467 g/mol. The van der Waals surface area contributed by atoms with Gasteiger partial charge in [0.05, 0.1) is 0 Å². The summed E-state index contributed by atoms with van der Waals surface area (Å²) in [6.45, 7) is 19.5. The topological polar surface area (TPSA) is 0 Å². The van der Waals surface area contributed by atoms with Gasteiger partial charge in [0.2, 0.25) is 0 Å². The van der Waals surface area contributed by atoms with Crippen LogP contribution in [0.2, 0.25) is 0 Å². The Bertz CT molecular complexity index is 802. The molecule has 0 N–H and O–H groups in total. The van der Waals surface area contributed by atoms with Crippen LogP contribution < -0.4 is 0 Å². The van der Waals surface area contributed by atoms with Crippen molar-refractivity contribution < 1.29 is 0 Å². The summed E-state index contributed by atoms with van der Waals surface area (Å²) in [5, 5.41) is 0.926. The van der Waals surface area contributed by atoms with Gasteiger partial charge in [-0.3, -0.25) is 0 Å². The molecule has 2 aliphatic carbocycles. The summed E-state index contributed by atoms with van der Waals surface area (Å²) in [4.78, 5) is 0. The van der Waals surface area contributed by atoms with Crippen LogP contribution in [0.4, 0.5) is 0 Å². The number of rotatable bonds is 6. The van der Waals surface area contributed by atoms with E-state index in [0.29, 0.717) is 10.3 Å². The molecule has 0 heterocycles. The molecular weight excluding hydrogens is 422 g/mol. The van der Waals surface area contributed by atoms with E-state index < -0.39 is 0 Å². The second-order valence-electron chi connectivity index (χ2n) is 11.6. The lowest BCUT2D eigenvalue weighted by Gasteiger charge is -2.45. The van der Waals surface area contributed by atoms with Gasteiger partial charge in [0, 0.05) is 10.3 Å². The van der Waals surface area contributed by atoms with Gasteiger partial charge in [-0.25, -0.2) is 0 Å². The van der Waals surface area contributed by atoms with E-state index >= 15 is 0 Å². The van der Waals surface area contributed by atoms with E-state index in [0.717, 1.165) is 25.7 Å². The predicted molar refractivity (Wildman–Crippen MR) is 150 cm³/mol. The van der Waals surface area contributed by atoms with Crippen LogP contribution in [0.15, 0.2) is 72.9 Å². The Morgan fingerprint density at radius 2 is 0.938 bits per heavy atom. The minimum atomic E-state index is -0.221. The summed E-state index contributed by atoms with van der Waals surface area (Å²) in [7, 11) is -0.442. The molecule has 0 nitrogen and oxygen atoms in total. The molecule has 2 aliphatic rings. The molecular formula is C30H44P2. The molecule has 0 fully saturated rings. The van der Waals surface area contributed by atoms with Gasteiger partial charge < -0.3 is 0 Å². The second kappa shape index (κ2) is 9.72. The second-order valence-corrected chi connectivity index (χ2v) is 18.2. The molecule has 0 bridgehead atoms. The maximum Gasteiger partial charge on any atom is 0.0305 e. The van der Waals surface area contributed by atoms with E-state index in [1.54, 1.807) is 0 Å². The fraction of sp³-hybridized carbons (Fsp3) is 0.533. The standard InChI is InChI=1S/C30H44P2/c1-27(2,3)31(7)29(19-13-9-14-20-29)23-25-17-11-12-18-26(25)24-30(21-15-10-16-22-30)32(8)28(4,5)6/h11-22H,9-10,23-24H2,1-8H3. The van der Waals surface area contributed by atoms with Crippen LogP contribution in [0, 0.1) is 0 Å². The van der Waals surface area contributed by atoms with Crippen LogP contribution in [0.5, 0.6) is 0 Å². The van der Waals surface area contributed by atoms with Gasteiger partial charge in [0.25, 0.3) is 0 Å². The number of hydrogen-bond acceptors (Lipinski definition) is 0. The average Bonchev–Trinajstić information content (AvgIpc) is 2.74. The Morgan fingerprint density at radius 3 is 1.22 bits per heavy atom. The summed E-state index contributed by atoms with van der Waals surface area (Å²) in [6.07, 6.45) is 24.1. The van der Waals surface area contributed by atoms with Crippen LogP contribution >= 0.6 is 15.8 Å². The number of allylic oxidation sites excluding steroid dienone is 8. The first kappa shape index (κ1) is 25.7. The van der Waals surface area contributed by atoms with Crippen molar-refractivity contribution in [1.29, 1.82) is 0 Å². The predicted octanol–water partition coefficient (Wildman–Crippen LogP) is 9.10. The third-order valence-corrected chi connectivity index (χ3v) is 14.9. The van der Waals surface area contributed by atoms with Crippen molar-refractivity contribution in [2.45, 2.75) is 87.9 Å². The van der Waals surface area contributed by atoms with E-state index in [1.165, 1.54) is 11.1 Å². The SMILES string of the molecule is CP(C(C)(C)C)C1(Cc2ccccc2CC2(P(C)C(C)(C)C)C=CCC=C2)C=CCC=C1. The molecule has 0 aliphatic heterocycles. The third kappa shape index (κ3) is 5.57. The Kier molecular flexibility index (Phi) is 7.80. The maximum atomic E-state index is 2.54. The van der Waals surface area contributed by atoms with E-state index in [4.69, 9.17) is 0 Å². The van der Waals surface area contributed by atoms with Gasteiger partial charge in [-0.15, -0.1) is 0 Å². The van der Waals surface area contributed by atoms with E-state index in [1.807, 2.05) is 0 Å². The van der Waals surface area contributed by atoms with Crippen molar-refractivity contribution in [2.75, 3.05) is 13.3 Å². The summed E-state index contributed by atoms with van der Waals surface area (Å²) >= 11 is 0. The quantitative estimate of drug-likeness (QED) is 0.290. The fourth-order valence-electron chi connectivity index (χ4n) is 5.04. The summed E-state index contributed by atoms with van der Waals surface area (Å²) in [5.74, 6) is 0. The van der Waals surface area contributed by atoms with Crippen LogP contribution in [-0.4, -0.2) is 34.0 Å². The van der Waals surface area contributed by atoms with Crippen LogP contribution in [-0.2, 0) is 12.8 Å². The van der Waals surface area contributed by atoms with Crippen LogP contribution in [0.3, 0.4) is 0 Å². The number of benzene rings is 1. The van der Waals surface area contributed by atoms with Gasteiger partial charge in [-0.05, 0) is 60.5 Å². The smallest absolute Gasteiger partial charge is 0.0305 e. The summed E-state index contributed by atoms with van der Waals surface area (Å²) < 4.78 is 0. The highest BCUT2D eigenvalue weighted by molar-refractivity contribution is 7.61. The molecule has 1 aromatic carbocycles. The fourth-order valence-corrected chi connectivity index (χ4v) is 9.67. The minimum Gasteiger partial charge on any atom is -0.0897 e. The Balaban J connectivity index is 2.01. The lowest BCUT2D eigenvalue weighted by Crippen LogP contribution is -2.35. The van der Waals surface area contributed by atoms with Crippen molar-refractivity contribution in [3.63, 3.8) is 0 Å². The van der Waals surface area contributed by atoms with Crippen LogP contribution in [0.25, 0.3) is 0 Å². The van der Waals surface area contributed by atoms with Gasteiger partial charge in [-0.1, -0.05) is 130 Å². The third-order valence-electron chi connectivity index (χ3n) is 7.50. The Hall–Kier alpha value is -0.960. The lowest BCUT2D eigenvalue weighted by atomic mass is 9.87. The van der Waals surface area contributed by atoms with E-state index in [9.17, 15) is 0 Å². The Labute approximate surface area is 200 Å². The van der Waals surface area contributed by atoms with Crippen molar-refractivity contribution in [3.8, 4) is 0 Å². The van der Waals surface area contributed by atoms with Gasteiger partial charge in [0.1, 0.15) is 0 Å². The molecule has 0 radical (unpaired) electrons. The number of hydrogen-bond donors (Lipinski definition) is 0. The minimum absolute atomic E-state index is 0.147. The molecule has 2 atom stereocenters.